The van der Waals surface area contributed by atoms with E-state index in [9.17, 15) is 19.2 Å². The molecule has 2 rings (SSSR count). The van der Waals surface area contributed by atoms with Gasteiger partial charge >= 0.3 is 24.1 Å². The van der Waals surface area contributed by atoms with Crippen LogP contribution >= 0.6 is 0 Å². The van der Waals surface area contributed by atoms with Crippen LogP contribution in [0.3, 0.4) is 0 Å². The summed E-state index contributed by atoms with van der Waals surface area (Å²) in [7, 11) is 1.34. The summed E-state index contributed by atoms with van der Waals surface area (Å²) in [6.07, 6.45) is 2.42. The maximum atomic E-state index is 11.6. The predicted molar refractivity (Wildman–Crippen MR) is 151 cm³/mol. The molecule has 0 unspecified atom stereocenters. The largest absolute Gasteiger partial charge is 0.480 e. The number of carbonyl (C=O) groups is 4. The van der Waals surface area contributed by atoms with Gasteiger partial charge in [-0.1, -0.05) is 18.2 Å². The number of rotatable bonds is 10. The third-order valence-electron chi connectivity index (χ3n) is 5.20. The highest BCUT2D eigenvalue weighted by Crippen LogP contribution is 2.18. The molecule has 0 saturated heterocycles. The van der Waals surface area contributed by atoms with Gasteiger partial charge in [0.05, 0.1) is 7.11 Å². The summed E-state index contributed by atoms with van der Waals surface area (Å²) in [4.78, 5) is 48.6. The number of methoxy groups -OCH3 is 1. The zero-order valence-electron chi connectivity index (χ0n) is 24.5. The fraction of sp³-hybridized carbons (Fsp3) is 0.571. The van der Waals surface area contributed by atoms with Crippen molar-refractivity contribution in [2.45, 2.75) is 90.5 Å². The number of benzene rings is 1. The molecule has 0 bridgehead atoms. The lowest BCUT2D eigenvalue weighted by molar-refractivity contribution is -0.142. The Hall–Kier alpha value is -3.80. The molecule has 0 saturated carbocycles. The van der Waals surface area contributed by atoms with Gasteiger partial charge in [0.1, 0.15) is 23.3 Å². The van der Waals surface area contributed by atoms with Crippen molar-refractivity contribution in [3.63, 3.8) is 0 Å². The standard InChI is InChI=1S/C16H30N2O6.C12H14N2O2/c1-15(2,3)23-13(21)17-10-8-7-9-11(12(19)20)18-14(22)24-16(4,5)6;1-16-12(15)10(13)6-8-7-14-11-5-3-2-4-9(8)11/h11H,7-10H2,1-6H3,(H,17,21)(H,18,22)(H,19,20);2-5,7,10,14H,6,13H2,1H3/t11-;10-/m00/s1. The van der Waals surface area contributed by atoms with Crippen LogP contribution in [-0.2, 0) is 30.2 Å². The Morgan fingerprint density at radius 1 is 0.975 bits per heavy atom. The molecule has 0 aliphatic carbocycles. The Bertz CT molecular complexity index is 1120. The van der Waals surface area contributed by atoms with Crippen molar-refractivity contribution in [2.75, 3.05) is 13.7 Å². The molecule has 224 valence electrons. The summed E-state index contributed by atoms with van der Waals surface area (Å²) >= 11 is 0. The van der Waals surface area contributed by atoms with Crippen LogP contribution in [0.5, 0.6) is 0 Å². The number of carbonyl (C=O) groups excluding carboxylic acids is 3. The number of unbranched alkanes of at least 4 members (excludes halogenated alkanes) is 1. The molecule has 1 aromatic heterocycles. The van der Waals surface area contributed by atoms with Gasteiger partial charge in [-0.05, 0) is 72.4 Å². The van der Waals surface area contributed by atoms with Gasteiger partial charge in [0, 0.05) is 30.1 Å². The van der Waals surface area contributed by atoms with Crippen LogP contribution in [0.2, 0.25) is 0 Å². The molecule has 2 amide bonds. The van der Waals surface area contributed by atoms with E-state index in [1.54, 1.807) is 41.5 Å². The molecular formula is C28H44N4O8. The van der Waals surface area contributed by atoms with E-state index in [0.29, 0.717) is 25.8 Å². The van der Waals surface area contributed by atoms with Crippen molar-refractivity contribution in [2.24, 2.45) is 5.73 Å². The van der Waals surface area contributed by atoms with E-state index in [2.05, 4.69) is 20.4 Å². The van der Waals surface area contributed by atoms with Crippen LogP contribution in [0.25, 0.3) is 10.9 Å². The number of nitrogens with two attached hydrogens (primary N) is 1. The maximum Gasteiger partial charge on any atom is 0.408 e. The second kappa shape index (κ2) is 15.7. The van der Waals surface area contributed by atoms with E-state index < -0.39 is 41.4 Å². The predicted octanol–water partition coefficient (Wildman–Crippen LogP) is 3.87. The second-order valence-electron chi connectivity index (χ2n) is 11.2. The molecule has 0 aliphatic heterocycles. The van der Waals surface area contributed by atoms with E-state index in [-0.39, 0.29) is 12.4 Å². The molecule has 12 heteroatoms. The summed E-state index contributed by atoms with van der Waals surface area (Å²) in [5, 5.41) is 15.2. The molecule has 0 aliphatic rings. The number of fused-ring (bicyclic) bond motifs is 1. The smallest absolute Gasteiger partial charge is 0.408 e. The van der Waals surface area contributed by atoms with E-state index >= 15 is 0 Å². The Balaban J connectivity index is 0.000000429. The number of hydrogen-bond acceptors (Lipinski definition) is 8. The Labute approximate surface area is 235 Å². The first kappa shape index (κ1) is 34.2. The van der Waals surface area contributed by atoms with E-state index in [4.69, 9.17) is 20.3 Å². The number of alkyl carbamates (subject to hydrolysis) is 2. The Kier molecular flexibility index (Phi) is 13.4. The van der Waals surface area contributed by atoms with Crippen molar-refractivity contribution in [3.8, 4) is 0 Å². The van der Waals surface area contributed by atoms with E-state index in [1.165, 1.54) is 7.11 Å². The van der Waals surface area contributed by atoms with Gasteiger partial charge in [0.25, 0.3) is 0 Å². The second-order valence-corrected chi connectivity index (χ2v) is 11.2. The molecule has 0 radical (unpaired) electrons. The summed E-state index contributed by atoms with van der Waals surface area (Å²) in [5.41, 5.74) is 6.56. The number of aromatic amines is 1. The quantitative estimate of drug-likeness (QED) is 0.162. The van der Waals surface area contributed by atoms with E-state index in [0.717, 1.165) is 16.5 Å². The molecule has 0 spiro atoms. The molecule has 1 heterocycles. The minimum Gasteiger partial charge on any atom is -0.480 e. The van der Waals surface area contributed by atoms with Crippen LogP contribution in [-0.4, -0.2) is 71.2 Å². The zero-order chi connectivity index (χ0) is 30.5. The van der Waals surface area contributed by atoms with Gasteiger partial charge in [-0.2, -0.15) is 0 Å². The normalized spacial score (nSPS) is 12.8. The molecule has 12 nitrogen and oxygen atoms in total. The van der Waals surface area contributed by atoms with Gasteiger partial charge < -0.3 is 40.7 Å². The van der Waals surface area contributed by atoms with Gasteiger partial charge in [-0.15, -0.1) is 0 Å². The monoisotopic (exact) mass is 564 g/mol. The number of aliphatic carboxylic acids is 1. The van der Waals surface area contributed by atoms with Gasteiger partial charge in [-0.25, -0.2) is 14.4 Å². The summed E-state index contributed by atoms with van der Waals surface area (Å²) in [6.45, 7) is 10.8. The Morgan fingerprint density at radius 2 is 1.57 bits per heavy atom. The molecule has 0 fully saturated rings. The average molecular weight is 565 g/mol. The van der Waals surface area contributed by atoms with Crippen LogP contribution < -0.4 is 16.4 Å². The number of hydrogen-bond donors (Lipinski definition) is 5. The lowest BCUT2D eigenvalue weighted by Gasteiger charge is -2.22. The number of ether oxygens (including phenoxy) is 3. The number of aromatic nitrogens is 1. The van der Waals surface area contributed by atoms with Gasteiger partial charge in [0.15, 0.2) is 0 Å². The van der Waals surface area contributed by atoms with Crippen LogP contribution in [0, 0.1) is 0 Å². The summed E-state index contributed by atoms with van der Waals surface area (Å²) in [5.74, 6) is -1.51. The molecule has 2 atom stereocenters. The number of esters is 1. The Morgan fingerprint density at radius 3 is 2.15 bits per heavy atom. The fourth-order valence-electron chi connectivity index (χ4n) is 3.46. The van der Waals surface area contributed by atoms with Crippen LogP contribution in [0.1, 0.15) is 66.4 Å². The molecule has 40 heavy (non-hydrogen) atoms. The number of amides is 2. The minimum atomic E-state index is -1.12. The first-order chi connectivity index (χ1) is 18.5. The van der Waals surface area contributed by atoms with Gasteiger partial charge in [-0.3, -0.25) is 4.79 Å². The topological polar surface area (TPSA) is 182 Å². The van der Waals surface area contributed by atoms with Crippen molar-refractivity contribution < 1.29 is 38.5 Å². The fourth-order valence-corrected chi connectivity index (χ4v) is 3.46. The number of H-pyrrole nitrogens is 1. The highest BCUT2D eigenvalue weighted by atomic mass is 16.6. The third-order valence-corrected chi connectivity index (χ3v) is 5.20. The number of nitrogens with one attached hydrogen (secondary N) is 3. The molecule has 6 N–H and O–H groups in total. The molecule has 2 aromatic rings. The third kappa shape index (κ3) is 13.8. The SMILES string of the molecule is CC(C)(C)OC(=O)NCCCC[C@H](NC(=O)OC(C)(C)C)C(=O)O.COC(=O)[C@@H](N)Cc1c[nH]c2ccccc12. The zero-order valence-corrected chi connectivity index (χ0v) is 24.5. The highest BCUT2D eigenvalue weighted by Gasteiger charge is 2.23. The number of carboxylic acid groups (broad SMARTS) is 1. The maximum absolute atomic E-state index is 11.6. The van der Waals surface area contributed by atoms with Crippen LogP contribution in [0.15, 0.2) is 30.5 Å². The van der Waals surface area contributed by atoms with E-state index in [1.807, 2.05) is 30.5 Å². The first-order valence-electron chi connectivity index (χ1n) is 13.1. The highest BCUT2D eigenvalue weighted by molar-refractivity contribution is 5.84. The first-order valence-corrected chi connectivity index (χ1v) is 13.1. The number of para-hydroxylation sites is 1. The molecule has 1 aromatic carbocycles. The lowest BCUT2D eigenvalue weighted by Crippen LogP contribution is -2.43. The lowest BCUT2D eigenvalue weighted by atomic mass is 10.1. The summed E-state index contributed by atoms with van der Waals surface area (Å²) in [6, 6.07) is 6.28. The van der Waals surface area contributed by atoms with Crippen molar-refractivity contribution >= 4 is 35.0 Å². The average Bonchev–Trinajstić information content (AvgIpc) is 3.23. The van der Waals surface area contributed by atoms with Crippen LogP contribution in [0.4, 0.5) is 9.59 Å². The summed E-state index contributed by atoms with van der Waals surface area (Å²) < 4.78 is 14.7. The van der Waals surface area contributed by atoms with Crippen molar-refractivity contribution in [1.82, 2.24) is 15.6 Å². The minimum absolute atomic E-state index is 0.241. The van der Waals surface area contributed by atoms with Crippen molar-refractivity contribution in [1.29, 1.82) is 0 Å². The van der Waals surface area contributed by atoms with Crippen molar-refractivity contribution in [3.05, 3.63) is 36.0 Å². The molecular weight excluding hydrogens is 520 g/mol. The van der Waals surface area contributed by atoms with Gasteiger partial charge in [0.2, 0.25) is 0 Å². The number of carboxylic acids is 1.